The molecule has 0 atom stereocenters. The van der Waals surface area contributed by atoms with E-state index in [1.54, 1.807) is 12.1 Å². The van der Waals surface area contributed by atoms with Crippen molar-refractivity contribution in [3.63, 3.8) is 0 Å². The van der Waals surface area contributed by atoms with E-state index in [1.165, 1.54) is 74.9 Å². The van der Waals surface area contributed by atoms with Gasteiger partial charge in [-0.25, -0.2) is 24.0 Å². The average Bonchev–Trinajstić information content (AvgIpc) is 3.11. The van der Waals surface area contributed by atoms with Gasteiger partial charge in [0.15, 0.2) is 0 Å². The van der Waals surface area contributed by atoms with Crippen molar-refractivity contribution in [1.29, 1.82) is 0 Å². The Kier molecular flexibility index (Phi) is 25.0. The number of methoxy groups -OCH3 is 2. The van der Waals surface area contributed by atoms with E-state index >= 15 is 0 Å². The summed E-state index contributed by atoms with van der Waals surface area (Å²) in [6, 6.07) is 17.5. The summed E-state index contributed by atoms with van der Waals surface area (Å²) in [5.74, 6) is -3.50. The minimum absolute atomic E-state index is 0. The SMILES string of the molecule is CCCOC(=O)c1ccc(C(=O)OC)cc1.CCCOC(=O)c1ccc(C(=O)OCCO)cc1.COC(=O)c1ccc(C(=O)[O-])cc1.[Na+].[OH-]. The Bertz CT molecular complexity index is 1410. The quantitative estimate of drug-likeness (QED) is 0.151. The number of benzene rings is 3. The number of carboxylic acid groups (broad SMARTS) is 1. The third kappa shape index (κ3) is 17.4. The number of aromatic carboxylic acids is 1. The van der Waals surface area contributed by atoms with Crippen LogP contribution in [0.5, 0.6) is 0 Å². The van der Waals surface area contributed by atoms with E-state index in [2.05, 4.69) is 9.47 Å². The molecule has 0 saturated carbocycles. The summed E-state index contributed by atoms with van der Waals surface area (Å²) in [5, 5.41) is 18.8. The summed E-state index contributed by atoms with van der Waals surface area (Å²) in [4.78, 5) is 66.7. The number of hydrogen-bond donors (Lipinski definition) is 1. The fraction of sp³-hybridized carbons (Fsp3) is 0.294. The van der Waals surface area contributed by atoms with Crippen LogP contribution in [-0.4, -0.2) is 87.0 Å². The van der Waals surface area contributed by atoms with Crippen molar-refractivity contribution >= 4 is 35.8 Å². The summed E-state index contributed by atoms with van der Waals surface area (Å²) >= 11 is 0. The van der Waals surface area contributed by atoms with Gasteiger partial charge in [0.1, 0.15) is 6.61 Å². The van der Waals surface area contributed by atoms with Crippen LogP contribution in [0.4, 0.5) is 0 Å². The maximum absolute atomic E-state index is 11.5. The van der Waals surface area contributed by atoms with Crippen molar-refractivity contribution < 1.29 is 97.7 Å². The van der Waals surface area contributed by atoms with Gasteiger partial charge < -0.3 is 44.2 Å². The molecule has 0 bridgehead atoms. The van der Waals surface area contributed by atoms with E-state index in [1.807, 2.05) is 13.8 Å². The number of aliphatic hydroxyl groups is 1. The van der Waals surface area contributed by atoms with Gasteiger partial charge >= 0.3 is 59.4 Å². The maximum Gasteiger partial charge on any atom is 1.00 e. The number of aliphatic hydroxyl groups excluding tert-OH is 1. The molecule has 0 spiro atoms. The predicted molar refractivity (Wildman–Crippen MR) is 167 cm³/mol. The minimum atomic E-state index is -1.27. The second-order valence-electron chi connectivity index (χ2n) is 9.13. The molecule has 15 heteroatoms. The second kappa shape index (κ2) is 26.4. The predicted octanol–water partition coefficient (Wildman–Crippen LogP) is 0.106. The molecule has 260 valence electrons. The molecule has 0 aliphatic carbocycles. The molecule has 0 radical (unpaired) electrons. The van der Waals surface area contributed by atoms with Crippen molar-refractivity contribution in [2.45, 2.75) is 26.7 Å². The maximum atomic E-state index is 11.5. The van der Waals surface area contributed by atoms with Crippen LogP contribution < -0.4 is 34.7 Å². The average molecular weight is 694 g/mol. The van der Waals surface area contributed by atoms with E-state index in [0.717, 1.165) is 12.8 Å². The van der Waals surface area contributed by atoms with Crippen LogP contribution in [0.15, 0.2) is 72.8 Å². The van der Waals surface area contributed by atoms with Crippen LogP contribution in [0, 0.1) is 0 Å². The van der Waals surface area contributed by atoms with E-state index in [4.69, 9.17) is 19.3 Å². The molecule has 0 aliphatic rings. The first kappa shape index (κ1) is 46.5. The summed E-state index contributed by atoms with van der Waals surface area (Å²) in [6.45, 7) is 4.35. The molecular formula is C34H38NaO14-. The van der Waals surface area contributed by atoms with E-state index in [9.17, 15) is 33.9 Å². The first-order valence-corrected chi connectivity index (χ1v) is 14.3. The zero-order chi connectivity index (χ0) is 35.2. The zero-order valence-electron chi connectivity index (χ0n) is 28.0. The third-order valence-electron chi connectivity index (χ3n) is 5.64. The zero-order valence-corrected chi connectivity index (χ0v) is 30.0. The second-order valence-corrected chi connectivity index (χ2v) is 9.13. The first-order valence-electron chi connectivity index (χ1n) is 14.3. The van der Waals surface area contributed by atoms with Gasteiger partial charge in [0.2, 0.25) is 0 Å². The molecular weight excluding hydrogens is 655 g/mol. The van der Waals surface area contributed by atoms with Crippen LogP contribution in [0.2, 0.25) is 0 Å². The summed E-state index contributed by atoms with van der Waals surface area (Å²) in [7, 11) is 2.57. The molecule has 0 fully saturated rings. The Balaban J connectivity index is 0. The van der Waals surface area contributed by atoms with E-state index in [-0.39, 0.29) is 59.8 Å². The molecule has 2 N–H and O–H groups in total. The molecule has 3 rings (SSSR count). The van der Waals surface area contributed by atoms with Crippen molar-refractivity contribution in [2.24, 2.45) is 0 Å². The van der Waals surface area contributed by atoms with Crippen molar-refractivity contribution in [2.75, 3.05) is 40.6 Å². The monoisotopic (exact) mass is 693 g/mol. The van der Waals surface area contributed by atoms with Crippen molar-refractivity contribution in [3.05, 3.63) is 106 Å². The molecule has 0 heterocycles. The smallest absolute Gasteiger partial charge is 0.870 e. The van der Waals surface area contributed by atoms with E-state index < -0.39 is 29.8 Å². The minimum Gasteiger partial charge on any atom is -0.870 e. The normalized spacial score (nSPS) is 9.24. The number of carbonyl (C=O) groups is 6. The number of carbonyl (C=O) groups excluding carboxylic acids is 6. The standard InChI is InChI=1S/C13H16O5.C12H14O4.C9H8O4.Na.H2O/c1-2-8-17-12(15)10-3-5-11(6-4-10)13(16)18-9-7-14;1-3-8-16-12(14)10-6-4-9(5-7-10)11(13)15-2;1-13-9(12)7-4-2-6(3-5-7)8(10)11;;/h3-6,14H,2,7-9H2,1H3;4-7H,3,8H2,1-2H3;2-5H,1H3,(H,10,11);;1H2/q;;;+1;/p-2. The van der Waals surface area contributed by atoms with Gasteiger partial charge in [-0.1, -0.05) is 26.0 Å². The fourth-order valence-electron chi connectivity index (χ4n) is 3.24. The number of carboxylic acids is 1. The van der Waals surface area contributed by atoms with Gasteiger partial charge in [0.05, 0.1) is 67.8 Å². The van der Waals surface area contributed by atoms with Gasteiger partial charge in [0.25, 0.3) is 0 Å². The third-order valence-corrected chi connectivity index (χ3v) is 5.64. The summed E-state index contributed by atoms with van der Waals surface area (Å²) in [6.07, 6.45) is 1.54. The van der Waals surface area contributed by atoms with Crippen LogP contribution in [0.1, 0.15) is 88.8 Å². The van der Waals surface area contributed by atoms with Crippen LogP contribution >= 0.6 is 0 Å². The molecule has 0 amide bonds. The van der Waals surface area contributed by atoms with Crippen molar-refractivity contribution in [3.8, 4) is 0 Å². The topological polar surface area (TPSA) is 222 Å². The van der Waals surface area contributed by atoms with Crippen molar-refractivity contribution in [1.82, 2.24) is 0 Å². The first-order chi connectivity index (χ1) is 22.5. The largest absolute Gasteiger partial charge is 1.00 e. The van der Waals surface area contributed by atoms with Crippen LogP contribution in [-0.2, 0) is 23.7 Å². The fourth-order valence-corrected chi connectivity index (χ4v) is 3.24. The van der Waals surface area contributed by atoms with Gasteiger partial charge in [-0.2, -0.15) is 0 Å². The Hall–Kier alpha value is -4.60. The number of rotatable bonds is 12. The van der Waals surface area contributed by atoms with E-state index in [0.29, 0.717) is 41.0 Å². The van der Waals surface area contributed by atoms with Crippen LogP contribution in [0.3, 0.4) is 0 Å². The van der Waals surface area contributed by atoms with Gasteiger partial charge in [0, 0.05) is 0 Å². The molecule has 14 nitrogen and oxygen atoms in total. The Labute approximate surface area is 305 Å². The molecule has 0 aliphatic heterocycles. The van der Waals surface area contributed by atoms with Gasteiger partial charge in [-0.3, -0.25) is 0 Å². The molecule has 0 saturated heterocycles. The molecule has 3 aromatic carbocycles. The van der Waals surface area contributed by atoms with Gasteiger partial charge in [-0.15, -0.1) is 0 Å². The number of ether oxygens (including phenoxy) is 5. The molecule has 49 heavy (non-hydrogen) atoms. The van der Waals surface area contributed by atoms with Gasteiger partial charge in [-0.05, 0) is 79.1 Å². The Morgan fingerprint density at radius 1 is 0.510 bits per heavy atom. The molecule has 0 unspecified atom stereocenters. The number of hydrogen-bond acceptors (Lipinski definition) is 14. The Morgan fingerprint density at radius 2 is 0.755 bits per heavy atom. The number of esters is 5. The summed E-state index contributed by atoms with van der Waals surface area (Å²) in [5.41, 5.74) is 1.91. The molecule has 0 aromatic heterocycles. The van der Waals surface area contributed by atoms with Crippen LogP contribution in [0.25, 0.3) is 0 Å². The Morgan fingerprint density at radius 3 is 0.980 bits per heavy atom. The summed E-state index contributed by atoms with van der Waals surface area (Å²) < 4.78 is 23.6. The molecule has 3 aromatic rings.